The second kappa shape index (κ2) is 7.66. The van der Waals surface area contributed by atoms with Gasteiger partial charge in [0.05, 0.1) is 5.52 Å². The molecular formula is C22H20N4. The predicted octanol–water partition coefficient (Wildman–Crippen LogP) is 4.85. The molecule has 0 spiro atoms. The maximum absolute atomic E-state index is 4.29. The lowest BCUT2D eigenvalue weighted by atomic mass is 10.1. The largest absolute Gasteiger partial charge is 0.381 e. The van der Waals surface area contributed by atoms with Crippen LogP contribution in [0.25, 0.3) is 10.9 Å². The van der Waals surface area contributed by atoms with Crippen LogP contribution in [0.15, 0.2) is 85.3 Å². The molecule has 1 heterocycles. The summed E-state index contributed by atoms with van der Waals surface area (Å²) in [7, 11) is 0. The molecule has 3 aromatic carbocycles. The van der Waals surface area contributed by atoms with Crippen LogP contribution in [0.4, 0.5) is 11.4 Å². The average molecular weight is 340 g/mol. The Kier molecular flexibility index (Phi) is 4.74. The molecule has 0 aliphatic carbocycles. The van der Waals surface area contributed by atoms with E-state index in [0.717, 1.165) is 35.4 Å². The minimum absolute atomic E-state index is 0.773. The molecule has 1 aromatic heterocycles. The van der Waals surface area contributed by atoms with Crippen LogP contribution in [0, 0.1) is 0 Å². The van der Waals surface area contributed by atoms with Crippen molar-refractivity contribution in [3.63, 3.8) is 0 Å². The monoisotopic (exact) mass is 340 g/mol. The Balaban J connectivity index is 1.34. The third-order valence-electron chi connectivity index (χ3n) is 4.30. The van der Waals surface area contributed by atoms with Crippen LogP contribution < -0.4 is 10.6 Å². The van der Waals surface area contributed by atoms with Crippen LogP contribution in [0.2, 0.25) is 0 Å². The van der Waals surface area contributed by atoms with E-state index >= 15 is 0 Å². The van der Waals surface area contributed by atoms with Gasteiger partial charge in [-0.2, -0.15) is 0 Å². The summed E-state index contributed by atoms with van der Waals surface area (Å²) in [5.41, 5.74) is 5.64. The van der Waals surface area contributed by atoms with Crippen LogP contribution in [0.3, 0.4) is 0 Å². The van der Waals surface area contributed by atoms with Crippen molar-refractivity contribution >= 4 is 22.3 Å². The molecule has 4 nitrogen and oxygen atoms in total. The first kappa shape index (κ1) is 16.1. The van der Waals surface area contributed by atoms with Gasteiger partial charge >= 0.3 is 0 Å². The quantitative estimate of drug-likeness (QED) is 0.526. The molecular weight excluding hydrogens is 320 g/mol. The summed E-state index contributed by atoms with van der Waals surface area (Å²) in [5.74, 6) is 0. The number of hydrogen-bond acceptors (Lipinski definition) is 4. The van der Waals surface area contributed by atoms with Crippen LogP contribution in [0.1, 0.15) is 11.1 Å². The minimum atomic E-state index is 0.773. The van der Waals surface area contributed by atoms with E-state index in [0.29, 0.717) is 0 Å². The van der Waals surface area contributed by atoms with Gasteiger partial charge in [-0.25, -0.2) is 9.97 Å². The highest BCUT2D eigenvalue weighted by molar-refractivity contribution is 5.81. The fraction of sp³-hybridized carbons (Fsp3) is 0.0909. The predicted molar refractivity (Wildman–Crippen MR) is 107 cm³/mol. The highest BCUT2D eigenvalue weighted by Gasteiger charge is 1.99. The van der Waals surface area contributed by atoms with Gasteiger partial charge in [-0.1, -0.05) is 42.5 Å². The van der Waals surface area contributed by atoms with E-state index in [1.807, 2.05) is 24.4 Å². The van der Waals surface area contributed by atoms with Gasteiger partial charge in [0.15, 0.2) is 0 Å². The van der Waals surface area contributed by atoms with Crippen molar-refractivity contribution < 1.29 is 0 Å². The van der Waals surface area contributed by atoms with E-state index in [9.17, 15) is 0 Å². The van der Waals surface area contributed by atoms with Crippen molar-refractivity contribution in [2.45, 2.75) is 13.1 Å². The molecule has 0 atom stereocenters. The summed E-state index contributed by atoms with van der Waals surface area (Å²) >= 11 is 0. The molecule has 0 saturated heterocycles. The highest BCUT2D eigenvalue weighted by Crippen LogP contribution is 2.17. The SMILES string of the molecule is c1ccc(CNc2ccc(CNc3ccc4cncnc4c3)cc2)cc1. The molecule has 0 amide bonds. The number of benzene rings is 3. The summed E-state index contributed by atoms with van der Waals surface area (Å²) in [6.07, 6.45) is 3.40. The molecule has 128 valence electrons. The summed E-state index contributed by atoms with van der Waals surface area (Å²) < 4.78 is 0. The van der Waals surface area contributed by atoms with Gasteiger partial charge in [0, 0.05) is 36.0 Å². The topological polar surface area (TPSA) is 49.8 Å². The third-order valence-corrected chi connectivity index (χ3v) is 4.30. The summed E-state index contributed by atoms with van der Waals surface area (Å²) in [5, 5.41) is 7.95. The van der Waals surface area contributed by atoms with Gasteiger partial charge in [0.1, 0.15) is 6.33 Å². The first-order valence-electron chi connectivity index (χ1n) is 8.67. The highest BCUT2D eigenvalue weighted by atomic mass is 14.9. The molecule has 0 aliphatic heterocycles. The van der Waals surface area contributed by atoms with Crippen LogP contribution >= 0.6 is 0 Å². The zero-order chi connectivity index (χ0) is 17.6. The van der Waals surface area contributed by atoms with Crippen molar-refractivity contribution in [3.05, 3.63) is 96.4 Å². The number of rotatable bonds is 6. The number of aromatic nitrogens is 2. The maximum atomic E-state index is 4.29. The van der Waals surface area contributed by atoms with Crippen LogP contribution in [-0.2, 0) is 13.1 Å². The second-order valence-corrected chi connectivity index (χ2v) is 6.19. The molecule has 4 heteroatoms. The Morgan fingerprint density at radius 2 is 1.38 bits per heavy atom. The Hall–Kier alpha value is -3.40. The molecule has 0 saturated carbocycles. The second-order valence-electron chi connectivity index (χ2n) is 6.19. The maximum Gasteiger partial charge on any atom is 0.116 e. The van der Waals surface area contributed by atoms with Gasteiger partial charge in [-0.3, -0.25) is 0 Å². The number of nitrogens with zero attached hydrogens (tertiary/aromatic N) is 2. The lowest BCUT2D eigenvalue weighted by Gasteiger charge is -2.10. The third kappa shape index (κ3) is 3.98. The number of anilines is 2. The van der Waals surface area contributed by atoms with Crippen LogP contribution in [-0.4, -0.2) is 9.97 Å². The minimum Gasteiger partial charge on any atom is -0.381 e. The summed E-state index contributed by atoms with van der Waals surface area (Å²) in [6.45, 7) is 1.60. The smallest absolute Gasteiger partial charge is 0.116 e. The average Bonchev–Trinajstić information content (AvgIpc) is 2.72. The molecule has 0 radical (unpaired) electrons. The van der Waals surface area contributed by atoms with Crippen molar-refractivity contribution in [1.82, 2.24) is 9.97 Å². The standard InChI is InChI=1S/C22H20N4/c1-2-4-17(5-3-1)13-24-20-9-6-18(7-10-20)14-25-21-11-8-19-15-23-16-26-22(19)12-21/h1-12,15-16,24-25H,13-14H2. The van der Waals surface area contributed by atoms with Gasteiger partial charge < -0.3 is 10.6 Å². The van der Waals surface area contributed by atoms with Crippen LogP contribution in [0.5, 0.6) is 0 Å². The zero-order valence-electron chi connectivity index (χ0n) is 14.4. The van der Waals surface area contributed by atoms with Gasteiger partial charge in [-0.05, 0) is 41.5 Å². The molecule has 0 bridgehead atoms. The van der Waals surface area contributed by atoms with E-state index < -0.39 is 0 Å². The Bertz CT molecular complexity index is 982. The lowest BCUT2D eigenvalue weighted by Crippen LogP contribution is -2.01. The fourth-order valence-corrected chi connectivity index (χ4v) is 2.83. The van der Waals surface area contributed by atoms with Crippen molar-refractivity contribution in [1.29, 1.82) is 0 Å². The normalized spacial score (nSPS) is 10.6. The Labute approximate surface area is 152 Å². The molecule has 0 aliphatic rings. The number of nitrogens with one attached hydrogen (secondary N) is 2. The molecule has 4 rings (SSSR count). The van der Waals surface area contributed by atoms with Gasteiger partial charge in [0.2, 0.25) is 0 Å². The summed E-state index contributed by atoms with van der Waals surface area (Å²) in [6, 6.07) is 25.1. The molecule has 26 heavy (non-hydrogen) atoms. The van der Waals surface area contributed by atoms with E-state index in [1.54, 1.807) is 6.33 Å². The fourth-order valence-electron chi connectivity index (χ4n) is 2.83. The first-order valence-corrected chi connectivity index (χ1v) is 8.67. The number of fused-ring (bicyclic) bond motifs is 1. The molecule has 0 fully saturated rings. The van der Waals surface area contributed by atoms with E-state index in [-0.39, 0.29) is 0 Å². The first-order chi connectivity index (χ1) is 12.9. The summed E-state index contributed by atoms with van der Waals surface area (Å²) in [4.78, 5) is 8.34. The Morgan fingerprint density at radius 3 is 2.19 bits per heavy atom. The Morgan fingerprint density at radius 1 is 0.692 bits per heavy atom. The van der Waals surface area contributed by atoms with Crippen molar-refractivity contribution in [2.75, 3.05) is 10.6 Å². The molecule has 0 unspecified atom stereocenters. The molecule has 4 aromatic rings. The lowest BCUT2D eigenvalue weighted by molar-refractivity contribution is 1.13. The van der Waals surface area contributed by atoms with E-state index in [1.165, 1.54) is 11.1 Å². The van der Waals surface area contributed by atoms with Crippen molar-refractivity contribution in [2.24, 2.45) is 0 Å². The number of hydrogen-bond donors (Lipinski definition) is 2. The van der Waals surface area contributed by atoms with E-state index in [4.69, 9.17) is 0 Å². The zero-order valence-corrected chi connectivity index (χ0v) is 14.4. The van der Waals surface area contributed by atoms with Crippen molar-refractivity contribution in [3.8, 4) is 0 Å². The van der Waals surface area contributed by atoms with Gasteiger partial charge in [0.25, 0.3) is 0 Å². The van der Waals surface area contributed by atoms with Gasteiger partial charge in [-0.15, -0.1) is 0 Å². The molecule has 2 N–H and O–H groups in total. The van der Waals surface area contributed by atoms with E-state index in [2.05, 4.69) is 75.2 Å².